The van der Waals surface area contributed by atoms with Crippen LogP contribution >= 0.6 is 11.9 Å². The van der Waals surface area contributed by atoms with E-state index in [1.54, 1.807) is 60.7 Å². The Morgan fingerprint density at radius 2 is 1.43 bits per heavy atom. The summed E-state index contributed by atoms with van der Waals surface area (Å²) in [5.41, 5.74) is 4.03. The predicted octanol–water partition coefficient (Wildman–Crippen LogP) is 8.01. The zero-order chi connectivity index (χ0) is 30.1. The Morgan fingerprint density at radius 3 is 2.07 bits per heavy atom. The topological polar surface area (TPSA) is 106 Å². The van der Waals surface area contributed by atoms with Gasteiger partial charge in [-0.25, -0.2) is 13.2 Å². The fraction of sp³-hybridized carbons (Fsp3) is 0.219. The monoisotopic (exact) mass is 605 g/mol. The van der Waals surface area contributed by atoms with Gasteiger partial charge in [-0.05, 0) is 86.8 Å². The van der Waals surface area contributed by atoms with E-state index in [-0.39, 0.29) is 4.90 Å². The van der Waals surface area contributed by atoms with Crippen LogP contribution in [0.2, 0.25) is 0 Å². The number of carbonyl (C=O) groups is 1. The maximum atomic E-state index is 13.1. The van der Waals surface area contributed by atoms with Crippen molar-refractivity contribution in [3.05, 3.63) is 102 Å². The number of hydrogen-bond donors (Lipinski definition) is 3. The Balaban J connectivity index is 1.57. The first-order valence-electron chi connectivity index (χ1n) is 13.6. The normalized spacial score (nSPS) is 11.0. The second-order valence-corrected chi connectivity index (χ2v) is 12.3. The first kappa shape index (κ1) is 30.8. The van der Waals surface area contributed by atoms with Gasteiger partial charge in [0.1, 0.15) is 11.5 Å². The van der Waals surface area contributed by atoms with Gasteiger partial charge in [-0.15, -0.1) is 0 Å². The van der Waals surface area contributed by atoms with Crippen LogP contribution in [0, 0.1) is 13.8 Å². The van der Waals surface area contributed by atoms with Gasteiger partial charge in [0.2, 0.25) is 0 Å². The van der Waals surface area contributed by atoms with Crippen molar-refractivity contribution >= 4 is 45.0 Å². The number of rotatable bonds is 13. The molecule has 4 aromatic rings. The van der Waals surface area contributed by atoms with Gasteiger partial charge in [-0.1, -0.05) is 48.7 Å². The quantitative estimate of drug-likeness (QED) is 0.0799. The summed E-state index contributed by atoms with van der Waals surface area (Å²) in [6, 6.07) is 24.9. The van der Waals surface area contributed by atoms with E-state index in [4.69, 9.17) is 9.47 Å². The first-order valence-corrected chi connectivity index (χ1v) is 15.9. The molecule has 0 unspecified atom stereocenters. The molecule has 4 rings (SSSR count). The molecule has 0 spiro atoms. The Kier molecular flexibility index (Phi) is 10.4. The number of carbonyl (C=O) groups excluding carboxylic acids is 1. The molecule has 4 aromatic carbocycles. The fourth-order valence-corrected chi connectivity index (χ4v) is 5.71. The Hall–Kier alpha value is -4.15. The molecule has 0 saturated heterocycles. The molecule has 0 aliphatic heterocycles. The smallest absolute Gasteiger partial charge is 0.340 e. The molecule has 0 aliphatic rings. The number of hydrogen-bond acceptors (Lipinski definition) is 8. The molecular weight excluding hydrogens is 571 g/mol. The van der Waals surface area contributed by atoms with Gasteiger partial charge in [0.15, 0.2) is 0 Å². The highest BCUT2D eigenvalue weighted by molar-refractivity contribution is 8.00. The third kappa shape index (κ3) is 8.20. The average molecular weight is 606 g/mol. The molecule has 0 bridgehead atoms. The molecule has 220 valence electrons. The van der Waals surface area contributed by atoms with Crippen LogP contribution in [0.25, 0.3) is 0 Å². The van der Waals surface area contributed by atoms with Crippen molar-refractivity contribution in [1.82, 2.24) is 0 Å². The maximum Gasteiger partial charge on any atom is 0.340 e. The van der Waals surface area contributed by atoms with Crippen LogP contribution in [0.3, 0.4) is 0 Å². The molecule has 0 atom stereocenters. The van der Waals surface area contributed by atoms with E-state index in [9.17, 15) is 13.2 Å². The molecule has 0 aliphatic carbocycles. The van der Waals surface area contributed by atoms with Gasteiger partial charge in [0.05, 0.1) is 34.6 Å². The average Bonchev–Trinajstić information content (AvgIpc) is 2.98. The fourth-order valence-electron chi connectivity index (χ4n) is 3.95. The lowest BCUT2D eigenvalue weighted by Crippen LogP contribution is -2.15. The number of sulfonamides is 1. The van der Waals surface area contributed by atoms with Crippen molar-refractivity contribution in [2.45, 2.75) is 43.4 Å². The largest absolute Gasteiger partial charge is 0.465 e. The molecule has 10 heteroatoms. The molecule has 0 fully saturated rings. The molecule has 0 radical (unpaired) electrons. The maximum absolute atomic E-state index is 13.1. The van der Waals surface area contributed by atoms with Crippen molar-refractivity contribution in [1.29, 1.82) is 0 Å². The molecule has 8 nitrogen and oxygen atoms in total. The lowest BCUT2D eigenvalue weighted by Gasteiger charge is -2.17. The van der Waals surface area contributed by atoms with Crippen LogP contribution in [-0.2, 0) is 14.8 Å². The van der Waals surface area contributed by atoms with E-state index in [2.05, 4.69) is 21.7 Å². The second-order valence-electron chi connectivity index (χ2n) is 9.72. The van der Waals surface area contributed by atoms with Crippen molar-refractivity contribution < 1.29 is 22.7 Å². The minimum absolute atomic E-state index is 0.178. The van der Waals surface area contributed by atoms with Crippen LogP contribution in [0.1, 0.15) is 41.3 Å². The van der Waals surface area contributed by atoms with Gasteiger partial charge >= 0.3 is 5.97 Å². The van der Waals surface area contributed by atoms with Crippen LogP contribution in [0.15, 0.2) is 94.7 Å². The minimum atomic E-state index is -3.80. The summed E-state index contributed by atoms with van der Waals surface area (Å²) in [5.74, 6) is 0.391. The number of unbranched alkanes of at least 4 members (excludes halogenated alkanes) is 1. The van der Waals surface area contributed by atoms with Gasteiger partial charge in [0.25, 0.3) is 10.0 Å². The van der Waals surface area contributed by atoms with Crippen LogP contribution in [-0.4, -0.2) is 28.0 Å². The summed E-state index contributed by atoms with van der Waals surface area (Å²) in [6.07, 6.45) is 1.89. The highest BCUT2D eigenvalue weighted by Gasteiger charge is 2.18. The number of esters is 1. The summed E-state index contributed by atoms with van der Waals surface area (Å²) in [7, 11) is -2.47. The van der Waals surface area contributed by atoms with Crippen molar-refractivity contribution in [2.24, 2.45) is 0 Å². The van der Waals surface area contributed by atoms with Crippen molar-refractivity contribution in [3.8, 4) is 11.5 Å². The molecule has 0 aromatic heterocycles. The molecule has 3 N–H and O–H groups in total. The van der Waals surface area contributed by atoms with Crippen LogP contribution in [0.4, 0.5) is 17.1 Å². The Morgan fingerprint density at radius 1 is 0.810 bits per heavy atom. The predicted molar refractivity (Wildman–Crippen MR) is 170 cm³/mol. The standard InChI is InChI=1S/C32H35N3O5S2/c1-5-6-19-33-31-21-25(12-18-30(31)35-42(37,38)27-15-9-23(3)10-16-27)40-24-11-17-29(28(20-24)32(36)39-4)34-41-26-13-7-22(2)8-14-26/h7-18,20-21,33-35H,5-6,19H2,1-4H3. The van der Waals surface area contributed by atoms with E-state index in [1.807, 2.05) is 38.1 Å². The lowest BCUT2D eigenvalue weighted by molar-refractivity contribution is 0.0601. The van der Waals surface area contributed by atoms with E-state index in [0.29, 0.717) is 40.7 Å². The zero-order valence-corrected chi connectivity index (χ0v) is 25.7. The summed E-state index contributed by atoms with van der Waals surface area (Å²) in [5, 5.41) is 3.31. The molecule has 42 heavy (non-hydrogen) atoms. The highest BCUT2D eigenvalue weighted by Crippen LogP contribution is 2.34. The number of ether oxygens (including phenoxy) is 2. The molecular formula is C32H35N3O5S2. The van der Waals surface area contributed by atoms with Gasteiger partial charge in [-0.2, -0.15) is 0 Å². The Labute approximate surface area is 252 Å². The number of aryl methyl sites for hydroxylation is 2. The lowest BCUT2D eigenvalue weighted by atomic mass is 10.1. The van der Waals surface area contributed by atoms with E-state index in [1.165, 1.54) is 19.1 Å². The van der Waals surface area contributed by atoms with Crippen molar-refractivity contribution in [2.75, 3.05) is 28.4 Å². The van der Waals surface area contributed by atoms with Crippen molar-refractivity contribution in [3.63, 3.8) is 0 Å². The summed E-state index contributed by atoms with van der Waals surface area (Å²) >= 11 is 1.39. The van der Waals surface area contributed by atoms with E-state index < -0.39 is 16.0 Å². The van der Waals surface area contributed by atoms with Crippen LogP contribution in [0.5, 0.6) is 11.5 Å². The number of nitrogens with one attached hydrogen (secondary N) is 3. The summed E-state index contributed by atoms with van der Waals surface area (Å²) in [6.45, 7) is 6.67. The number of methoxy groups -OCH3 is 1. The van der Waals surface area contributed by atoms with Gasteiger partial charge in [-0.3, -0.25) is 4.72 Å². The third-order valence-corrected chi connectivity index (χ3v) is 8.56. The van der Waals surface area contributed by atoms with Gasteiger partial charge in [0, 0.05) is 17.5 Å². The molecule has 0 heterocycles. The minimum Gasteiger partial charge on any atom is -0.465 e. The zero-order valence-electron chi connectivity index (χ0n) is 24.1. The van der Waals surface area contributed by atoms with Gasteiger partial charge < -0.3 is 19.5 Å². The van der Waals surface area contributed by atoms with E-state index >= 15 is 0 Å². The third-order valence-electron chi connectivity index (χ3n) is 6.34. The van der Waals surface area contributed by atoms with E-state index in [0.717, 1.165) is 28.9 Å². The molecule has 0 amide bonds. The number of anilines is 3. The number of benzene rings is 4. The Bertz CT molecular complexity index is 1620. The first-order chi connectivity index (χ1) is 20.2. The SMILES string of the molecule is CCCCNc1cc(Oc2ccc(NSc3ccc(C)cc3)c(C(=O)OC)c2)ccc1NS(=O)(=O)c1ccc(C)cc1. The summed E-state index contributed by atoms with van der Waals surface area (Å²) in [4.78, 5) is 13.8. The second kappa shape index (κ2) is 14.2. The van der Waals surface area contributed by atoms with Crippen LogP contribution < -0.4 is 19.5 Å². The highest BCUT2D eigenvalue weighted by atomic mass is 32.2. The molecule has 0 saturated carbocycles. The summed E-state index contributed by atoms with van der Waals surface area (Å²) < 4.78 is 43.2.